The molecule has 1 aliphatic carbocycles. The number of imide groups is 1. The second kappa shape index (κ2) is 2.64. The van der Waals surface area contributed by atoms with Crippen LogP contribution in [0.15, 0.2) is 4.42 Å². The normalized spacial score (nSPS) is 20.0. The molecule has 2 heterocycles. The van der Waals surface area contributed by atoms with E-state index in [1.807, 2.05) is 0 Å². The quantitative estimate of drug-likeness (QED) is 0.687. The second-order valence-electron chi connectivity index (χ2n) is 3.92. The fourth-order valence-electron chi connectivity index (χ4n) is 1.88. The number of rotatable bonds is 1. The molecule has 0 saturated heterocycles. The summed E-state index contributed by atoms with van der Waals surface area (Å²) in [6, 6.07) is 0.0748. The predicted molar refractivity (Wildman–Crippen MR) is 52.0 cm³/mol. The molecule has 1 aliphatic heterocycles. The minimum absolute atomic E-state index is 0.0748. The highest BCUT2D eigenvalue weighted by atomic mass is 35.5. The predicted octanol–water partition coefficient (Wildman–Crippen LogP) is 2.00. The third-order valence-electron chi connectivity index (χ3n) is 2.85. The Morgan fingerprint density at radius 2 is 2.00 bits per heavy atom. The molecule has 0 unspecified atom stereocenters. The topological polar surface area (TPSA) is 50.5 Å². The smallest absolute Gasteiger partial charge is 0.297 e. The summed E-state index contributed by atoms with van der Waals surface area (Å²) in [7, 11) is 0. The lowest BCUT2D eigenvalue weighted by Gasteiger charge is -2.11. The van der Waals surface area contributed by atoms with E-state index in [-0.39, 0.29) is 28.8 Å². The van der Waals surface area contributed by atoms with Gasteiger partial charge >= 0.3 is 0 Å². The van der Waals surface area contributed by atoms with Crippen LogP contribution in [0, 0.1) is 6.92 Å². The molecule has 1 saturated carbocycles. The van der Waals surface area contributed by atoms with E-state index in [4.69, 9.17) is 16.0 Å². The molecule has 0 bridgehead atoms. The van der Waals surface area contributed by atoms with Gasteiger partial charge in [-0.1, -0.05) is 0 Å². The Hall–Kier alpha value is -1.29. The molecule has 2 aliphatic rings. The Bertz CT molecular complexity index is 487. The SMILES string of the molecule is Cc1c(Cl)oc2c1C(=O)N(C1CC1)C2=O. The van der Waals surface area contributed by atoms with Crippen molar-refractivity contribution in [3.05, 3.63) is 22.1 Å². The fourth-order valence-corrected chi connectivity index (χ4v) is 2.05. The van der Waals surface area contributed by atoms with Gasteiger partial charge in [-0.3, -0.25) is 14.5 Å². The van der Waals surface area contributed by atoms with Crippen molar-refractivity contribution in [3.8, 4) is 0 Å². The molecule has 1 aromatic rings. The molecule has 3 rings (SSSR count). The number of nitrogens with zero attached hydrogens (tertiary/aromatic N) is 1. The monoisotopic (exact) mass is 225 g/mol. The van der Waals surface area contributed by atoms with Gasteiger partial charge in [-0.15, -0.1) is 0 Å². The molecule has 78 valence electrons. The molecule has 5 heteroatoms. The van der Waals surface area contributed by atoms with Crippen LogP contribution in [-0.2, 0) is 0 Å². The average Bonchev–Trinajstić information content (AvgIpc) is 2.92. The van der Waals surface area contributed by atoms with Crippen LogP contribution in [0.25, 0.3) is 0 Å². The van der Waals surface area contributed by atoms with E-state index in [0.717, 1.165) is 12.8 Å². The van der Waals surface area contributed by atoms with Gasteiger partial charge in [-0.05, 0) is 31.4 Å². The first kappa shape index (κ1) is 8.97. The number of hydrogen-bond acceptors (Lipinski definition) is 3. The maximum Gasteiger partial charge on any atom is 0.297 e. The highest BCUT2D eigenvalue weighted by Gasteiger charge is 2.48. The average molecular weight is 226 g/mol. The van der Waals surface area contributed by atoms with Crippen molar-refractivity contribution < 1.29 is 14.0 Å². The summed E-state index contributed by atoms with van der Waals surface area (Å²) in [5.41, 5.74) is 0.907. The Morgan fingerprint density at radius 1 is 1.33 bits per heavy atom. The maximum absolute atomic E-state index is 11.9. The Kier molecular flexibility index (Phi) is 1.58. The van der Waals surface area contributed by atoms with Gasteiger partial charge in [0.2, 0.25) is 5.76 Å². The maximum atomic E-state index is 11.9. The van der Waals surface area contributed by atoms with Gasteiger partial charge in [0.1, 0.15) is 0 Å². The molecule has 0 N–H and O–H groups in total. The summed E-state index contributed by atoms with van der Waals surface area (Å²) in [5.74, 6) is -0.493. The first-order valence-corrected chi connectivity index (χ1v) is 5.16. The Morgan fingerprint density at radius 3 is 2.53 bits per heavy atom. The molecule has 1 fully saturated rings. The number of hydrogen-bond donors (Lipinski definition) is 0. The van der Waals surface area contributed by atoms with E-state index in [1.54, 1.807) is 6.92 Å². The van der Waals surface area contributed by atoms with E-state index in [9.17, 15) is 9.59 Å². The summed E-state index contributed by atoms with van der Waals surface area (Å²) in [6.45, 7) is 1.69. The van der Waals surface area contributed by atoms with E-state index < -0.39 is 0 Å². The van der Waals surface area contributed by atoms with E-state index in [1.165, 1.54) is 4.90 Å². The first-order valence-electron chi connectivity index (χ1n) is 4.78. The number of fused-ring (bicyclic) bond motifs is 1. The summed E-state index contributed by atoms with van der Waals surface area (Å²) in [4.78, 5) is 25.0. The van der Waals surface area contributed by atoms with Crippen LogP contribution in [-0.4, -0.2) is 22.8 Å². The lowest BCUT2D eigenvalue weighted by Crippen LogP contribution is -2.32. The fraction of sp³-hybridized carbons (Fsp3) is 0.400. The zero-order valence-corrected chi connectivity index (χ0v) is 8.80. The third-order valence-corrected chi connectivity index (χ3v) is 3.21. The van der Waals surface area contributed by atoms with Crippen molar-refractivity contribution in [1.82, 2.24) is 4.90 Å². The van der Waals surface area contributed by atoms with Crippen LogP contribution in [0.3, 0.4) is 0 Å². The van der Waals surface area contributed by atoms with Crippen molar-refractivity contribution in [3.63, 3.8) is 0 Å². The lowest BCUT2D eigenvalue weighted by atomic mass is 10.2. The summed E-state index contributed by atoms with van der Waals surface area (Å²) in [5, 5.41) is 0.136. The molecule has 4 nitrogen and oxygen atoms in total. The minimum atomic E-state index is -0.340. The zero-order valence-electron chi connectivity index (χ0n) is 8.04. The summed E-state index contributed by atoms with van der Waals surface area (Å²) >= 11 is 5.73. The molecule has 15 heavy (non-hydrogen) atoms. The van der Waals surface area contributed by atoms with Crippen LogP contribution >= 0.6 is 11.6 Å². The molecule has 1 aromatic heterocycles. The Balaban J connectivity index is 2.14. The molecule has 0 radical (unpaired) electrons. The number of carbonyl (C=O) groups is 2. The highest BCUT2D eigenvalue weighted by Crippen LogP contribution is 2.38. The molecule has 0 atom stereocenters. The van der Waals surface area contributed by atoms with Gasteiger partial charge in [0.15, 0.2) is 5.22 Å². The van der Waals surface area contributed by atoms with Crippen LogP contribution in [0.4, 0.5) is 0 Å². The van der Waals surface area contributed by atoms with Crippen LogP contribution in [0.2, 0.25) is 5.22 Å². The minimum Gasteiger partial charge on any atom is -0.438 e. The number of carbonyl (C=O) groups excluding carboxylic acids is 2. The van der Waals surface area contributed by atoms with Crippen LogP contribution in [0.5, 0.6) is 0 Å². The van der Waals surface area contributed by atoms with Gasteiger partial charge < -0.3 is 4.42 Å². The first-order chi connectivity index (χ1) is 7.11. The van der Waals surface area contributed by atoms with Gasteiger partial charge in [-0.2, -0.15) is 0 Å². The summed E-state index contributed by atoms with van der Waals surface area (Å²) < 4.78 is 5.10. The molecule has 0 aromatic carbocycles. The third kappa shape index (κ3) is 1.03. The standard InChI is InChI=1S/C10H8ClNO3/c1-4-6-7(15-8(4)11)10(14)12(9(6)13)5-2-3-5/h5H,2-3H2,1H3. The van der Waals surface area contributed by atoms with Crippen molar-refractivity contribution in [2.24, 2.45) is 0 Å². The van der Waals surface area contributed by atoms with Crippen molar-refractivity contribution in [1.29, 1.82) is 0 Å². The highest BCUT2D eigenvalue weighted by molar-refractivity contribution is 6.32. The lowest BCUT2D eigenvalue weighted by molar-refractivity contribution is 0.0629. The molecular formula is C10H8ClNO3. The van der Waals surface area contributed by atoms with Gasteiger partial charge in [0, 0.05) is 11.6 Å². The number of halogens is 1. The molecule has 0 spiro atoms. The molecular weight excluding hydrogens is 218 g/mol. The van der Waals surface area contributed by atoms with E-state index in [2.05, 4.69) is 0 Å². The van der Waals surface area contributed by atoms with E-state index >= 15 is 0 Å². The van der Waals surface area contributed by atoms with Crippen molar-refractivity contribution in [2.45, 2.75) is 25.8 Å². The van der Waals surface area contributed by atoms with Crippen LogP contribution < -0.4 is 0 Å². The van der Waals surface area contributed by atoms with Gasteiger partial charge in [0.25, 0.3) is 11.8 Å². The molecule has 2 amide bonds. The Labute approximate surface area is 90.8 Å². The second-order valence-corrected chi connectivity index (χ2v) is 4.26. The van der Waals surface area contributed by atoms with Crippen molar-refractivity contribution >= 4 is 23.4 Å². The van der Waals surface area contributed by atoms with E-state index in [0.29, 0.717) is 11.1 Å². The van der Waals surface area contributed by atoms with Crippen molar-refractivity contribution in [2.75, 3.05) is 0 Å². The number of amides is 2. The largest absolute Gasteiger partial charge is 0.438 e. The van der Waals surface area contributed by atoms with Crippen LogP contribution in [0.1, 0.15) is 39.3 Å². The van der Waals surface area contributed by atoms with Gasteiger partial charge in [-0.25, -0.2) is 0 Å². The summed E-state index contributed by atoms with van der Waals surface area (Å²) in [6.07, 6.45) is 1.79. The zero-order chi connectivity index (χ0) is 10.7. The number of furan rings is 1. The van der Waals surface area contributed by atoms with Gasteiger partial charge in [0.05, 0.1) is 5.56 Å².